The van der Waals surface area contributed by atoms with Crippen LogP contribution in [0.25, 0.3) is 0 Å². The summed E-state index contributed by atoms with van der Waals surface area (Å²) in [4.78, 5) is 13.2. The molecule has 1 aromatic rings. The van der Waals surface area contributed by atoms with E-state index in [0.29, 0.717) is 0 Å². The van der Waals surface area contributed by atoms with Crippen LogP contribution >= 0.6 is 12.4 Å². The Morgan fingerprint density at radius 1 is 1.41 bits per heavy atom. The van der Waals surface area contributed by atoms with Gasteiger partial charge in [-0.25, -0.2) is 0 Å². The lowest BCUT2D eigenvalue weighted by molar-refractivity contribution is -0.130. The van der Waals surface area contributed by atoms with Gasteiger partial charge in [-0.05, 0) is 31.9 Å². The number of hydrogen-bond acceptors (Lipinski definition) is 2. The second-order valence-corrected chi connectivity index (χ2v) is 4.24. The van der Waals surface area contributed by atoms with Gasteiger partial charge in [0.15, 0.2) is 0 Å². The Morgan fingerprint density at radius 2 is 2.00 bits per heavy atom. The van der Waals surface area contributed by atoms with Gasteiger partial charge in [0.05, 0.1) is 12.6 Å². The molecule has 2 N–H and O–H groups in total. The van der Waals surface area contributed by atoms with Crippen LogP contribution in [0.1, 0.15) is 29.7 Å². The molecule has 0 bridgehead atoms. The molecule has 17 heavy (non-hydrogen) atoms. The van der Waals surface area contributed by atoms with Gasteiger partial charge in [-0.2, -0.15) is 0 Å². The van der Waals surface area contributed by atoms with Crippen molar-refractivity contribution in [2.24, 2.45) is 5.73 Å². The number of hydrogen-bond donors (Lipinski definition) is 1. The van der Waals surface area contributed by atoms with E-state index in [2.05, 4.69) is 32.0 Å². The molecule has 1 amide bonds. The van der Waals surface area contributed by atoms with Crippen molar-refractivity contribution in [3.05, 3.63) is 34.9 Å². The first-order chi connectivity index (χ1) is 7.47. The Labute approximate surface area is 109 Å². The third kappa shape index (κ3) is 3.72. The van der Waals surface area contributed by atoms with Crippen molar-refractivity contribution in [2.75, 3.05) is 13.6 Å². The van der Waals surface area contributed by atoms with E-state index in [4.69, 9.17) is 5.73 Å². The fraction of sp³-hybridized carbons (Fsp3) is 0.462. The number of rotatable bonds is 3. The van der Waals surface area contributed by atoms with E-state index in [-0.39, 0.29) is 30.9 Å². The minimum atomic E-state index is -0.0339. The minimum absolute atomic E-state index is 0. The van der Waals surface area contributed by atoms with E-state index in [1.165, 1.54) is 16.7 Å². The minimum Gasteiger partial charge on any atom is -0.338 e. The van der Waals surface area contributed by atoms with Gasteiger partial charge in [-0.3, -0.25) is 4.79 Å². The van der Waals surface area contributed by atoms with Gasteiger partial charge in [0.2, 0.25) is 5.91 Å². The molecule has 0 heterocycles. The van der Waals surface area contributed by atoms with E-state index in [1.807, 2.05) is 6.92 Å². The molecule has 0 saturated carbocycles. The zero-order valence-electron chi connectivity index (χ0n) is 10.9. The molecule has 3 nitrogen and oxygen atoms in total. The summed E-state index contributed by atoms with van der Waals surface area (Å²) in [5.41, 5.74) is 8.96. The monoisotopic (exact) mass is 256 g/mol. The molecule has 0 spiro atoms. The van der Waals surface area contributed by atoms with Crippen LogP contribution in [-0.4, -0.2) is 24.4 Å². The SMILES string of the molecule is Cc1ccc(C)c(C(C)N(C)C(=O)CN)c1.Cl. The van der Waals surface area contributed by atoms with Crippen molar-refractivity contribution in [1.82, 2.24) is 4.90 Å². The van der Waals surface area contributed by atoms with Gasteiger partial charge in [0.1, 0.15) is 0 Å². The zero-order chi connectivity index (χ0) is 12.3. The molecular formula is C13H21ClN2O. The van der Waals surface area contributed by atoms with E-state index in [1.54, 1.807) is 11.9 Å². The zero-order valence-corrected chi connectivity index (χ0v) is 11.7. The quantitative estimate of drug-likeness (QED) is 0.901. The highest BCUT2D eigenvalue weighted by molar-refractivity contribution is 5.85. The van der Waals surface area contributed by atoms with E-state index in [9.17, 15) is 4.79 Å². The maximum atomic E-state index is 11.5. The predicted octanol–water partition coefficient (Wildman–Crippen LogP) is 2.20. The number of nitrogens with two attached hydrogens (primary N) is 1. The van der Waals surface area contributed by atoms with Crippen molar-refractivity contribution in [3.8, 4) is 0 Å². The van der Waals surface area contributed by atoms with Crippen LogP contribution in [0.15, 0.2) is 18.2 Å². The molecule has 1 atom stereocenters. The van der Waals surface area contributed by atoms with Gasteiger partial charge in [-0.1, -0.05) is 23.8 Å². The average molecular weight is 257 g/mol. The van der Waals surface area contributed by atoms with E-state index >= 15 is 0 Å². The fourth-order valence-corrected chi connectivity index (χ4v) is 1.78. The molecule has 0 radical (unpaired) electrons. The summed E-state index contributed by atoms with van der Waals surface area (Å²) >= 11 is 0. The number of aryl methyl sites for hydroxylation is 2. The average Bonchev–Trinajstić information content (AvgIpc) is 2.29. The third-order valence-electron chi connectivity index (χ3n) is 3.03. The maximum Gasteiger partial charge on any atom is 0.236 e. The number of benzene rings is 1. The van der Waals surface area contributed by atoms with E-state index in [0.717, 1.165) is 0 Å². The Bertz CT molecular complexity index is 393. The highest BCUT2D eigenvalue weighted by Gasteiger charge is 2.17. The molecule has 1 unspecified atom stereocenters. The Morgan fingerprint density at radius 3 is 2.53 bits per heavy atom. The standard InChI is InChI=1S/C13H20N2O.ClH/c1-9-5-6-10(2)12(7-9)11(3)15(4)13(16)8-14;/h5-7,11H,8,14H2,1-4H3;1H. The van der Waals surface area contributed by atoms with Gasteiger partial charge >= 0.3 is 0 Å². The van der Waals surface area contributed by atoms with Gasteiger partial charge in [0, 0.05) is 7.05 Å². The molecule has 0 aromatic heterocycles. The second kappa shape index (κ2) is 6.62. The molecule has 0 saturated heterocycles. The Balaban J connectivity index is 0.00000256. The lowest BCUT2D eigenvalue weighted by Gasteiger charge is -2.26. The summed E-state index contributed by atoms with van der Waals surface area (Å²) in [6.07, 6.45) is 0. The molecular weight excluding hydrogens is 236 g/mol. The smallest absolute Gasteiger partial charge is 0.236 e. The molecule has 1 aromatic carbocycles. The lowest BCUT2D eigenvalue weighted by atomic mass is 9.99. The number of likely N-dealkylation sites (N-methyl/N-ethyl adjacent to an activating group) is 1. The van der Waals surface area contributed by atoms with Crippen LogP contribution in [-0.2, 0) is 4.79 Å². The summed E-state index contributed by atoms with van der Waals surface area (Å²) < 4.78 is 0. The van der Waals surface area contributed by atoms with Crippen LogP contribution in [0.5, 0.6) is 0 Å². The van der Waals surface area contributed by atoms with Gasteiger partial charge in [-0.15, -0.1) is 12.4 Å². The largest absolute Gasteiger partial charge is 0.338 e. The Hall–Kier alpha value is -1.06. The van der Waals surface area contributed by atoms with Gasteiger partial charge < -0.3 is 10.6 Å². The number of amides is 1. The summed E-state index contributed by atoms with van der Waals surface area (Å²) in [5.74, 6) is -0.0339. The molecule has 0 fully saturated rings. The number of halogens is 1. The van der Waals surface area contributed by atoms with Crippen LogP contribution < -0.4 is 5.73 Å². The van der Waals surface area contributed by atoms with Crippen LogP contribution in [0.3, 0.4) is 0 Å². The lowest BCUT2D eigenvalue weighted by Crippen LogP contribution is -2.34. The third-order valence-corrected chi connectivity index (χ3v) is 3.03. The molecule has 0 aliphatic carbocycles. The van der Waals surface area contributed by atoms with Crippen LogP contribution in [0.2, 0.25) is 0 Å². The molecule has 0 aliphatic rings. The first-order valence-corrected chi connectivity index (χ1v) is 5.50. The first kappa shape index (κ1) is 15.9. The predicted molar refractivity (Wildman–Crippen MR) is 73.4 cm³/mol. The first-order valence-electron chi connectivity index (χ1n) is 5.50. The van der Waals surface area contributed by atoms with Crippen molar-refractivity contribution < 1.29 is 4.79 Å². The highest BCUT2D eigenvalue weighted by Crippen LogP contribution is 2.23. The van der Waals surface area contributed by atoms with Crippen molar-refractivity contribution in [1.29, 1.82) is 0 Å². The van der Waals surface area contributed by atoms with Gasteiger partial charge in [0.25, 0.3) is 0 Å². The van der Waals surface area contributed by atoms with Crippen molar-refractivity contribution in [3.63, 3.8) is 0 Å². The number of carbonyl (C=O) groups is 1. The molecule has 1 rings (SSSR count). The molecule has 96 valence electrons. The summed E-state index contributed by atoms with van der Waals surface area (Å²) in [6.45, 7) is 6.20. The summed E-state index contributed by atoms with van der Waals surface area (Å²) in [6, 6.07) is 6.36. The number of carbonyl (C=O) groups excluding carboxylic acids is 1. The number of nitrogens with zero attached hydrogens (tertiary/aromatic N) is 1. The summed E-state index contributed by atoms with van der Waals surface area (Å²) in [7, 11) is 1.79. The normalized spacial score (nSPS) is 11.6. The van der Waals surface area contributed by atoms with Crippen LogP contribution in [0.4, 0.5) is 0 Å². The second-order valence-electron chi connectivity index (χ2n) is 4.24. The fourth-order valence-electron chi connectivity index (χ4n) is 1.78. The molecule has 0 aliphatic heterocycles. The van der Waals surface area contributed by atoms with E-state index < -0.39 is 0 Å². The van der Waals surface area contributed by atoms with Crippen LogP contribution in [0, 0.1) is 13.8 Å². The topological polar surface area (TPSA) is 46.3 Å². The molecule has 4 heteroatoms. The highest BCUT2D eigenvalue weighted by atomic mass is 35.5. The summed E-state index contributed by atoms with van der Waals surface area (Å²) in [5, 5.41) is 0. The van der Waals surface area contributed by atoms with Crippen molar-refractivity contribution >= 4 is 18.3 Å². The maximum absolute atomic E-state index is 11.5. The Kier molecular flexibility index (Phi) is 6.21. The van der Waals surface area contributed by atoms with Crippen molar-refractivity contribution in [2.45, 2.75) is 26.8 Å².